The topological polar surface area (TPSA) is 109 Å². The Labute approximate surface area is 191 Å². The first kappa shape index (κ1) is 26.5. The number of nitrogens with one attached hydrogen (secondary N) is 1. The predicted octanol–water partition coefficient (Wildman–Crippen LogP) is 1.73. The summed E-state index contributed by atoms with van der Waals surface area (Å²) < 4.78 is 42.0. The normalized spacial score (nSPS) is 19.7. The summed E-state index contributed by atoms with van der Waals surface area (Å²) in [6.07, 6.45) is -1.01. The number of imidazole rings is 1. The number of primary amides is 1. The summed E-state index contributed by atoms with van der Waals surface area (Å²) in [6, 6.07) is 0. The monoisotopic (exact) mass is 546 g/mol. The van der Waals surface area contributed by atoms with Crippen molar-refractivity contribution in [2.45, 2.75) is 44.4 Å². The van der Waals surface area contributed by atoms with Gasteiger partial charge in [-0.2, -0.15) is 13.2 Å². The minimum absolute atomic E-state index is 0. The summed E-state index contributed by atoms with van der Waals surface area (Å²) in [5, 5.41) is 13.5. The van der Waals surface area contributed by atoms with Crippen LogP contribution in [0.3, 0.4) is 0 Å². The molecule has 2 unspecified atom stereocenters. The van der Waals surface area contributed by atoms with Crippen LogP contribution in [0.4, 0.5) is 13.2 Å². The molecule has 30 heavy (non-hydrogen) atoms. The van der Waals surface area contributed by atoms with E-state index in [0.717, 1.165) is 17.4 Å². The van der Waals surface area contributed by atoms with Crippen LogP contribution in [0.5, 0.6) is 0 Å². The maximum Gasteiger partial charge on any atom is 0.424 e. The van der Waals surface area contributed by atoms with Crippen LogP contribution in [-0.2, 0) is 17.4 Å². The number of carbonyl (C=O) groups excluding carboxylic acids is 1. The van der Waals surface area contributed by atoms with Crippen LogP contribution in [0.2, 0.25) is 0 Å². The molecule has 1 fully saturated rings. The number of likely N-dealkylation sites (tertiary alicyclic amines) is 1. The highest BCUT2D eigenvalue weighted by atomic mass is 127. The van der Waals surface area contributed by atoms with Crippen molar-refractivity contribution in [2.75, 3.05) is 26.2 Å². The number of rotatable bonds is 7. The molecule has 1 aliphatic heterocycles. The number of piperidine rings is 1. The molecular formula is C18H30F3IN6O2. The molecule has 2 rings (SSSR count). The molecule has 1 amide bonds. The van der Waals surface area contributed by atoms with Gasteiger partial charge in [0, 0.05) is 58.5 Å². The molecule has 2 atom stereocenters. The van der Waals surface area contributed by atoms with Crippen molar-refractivity contribution in [3.8, 4) is 0 Å². The number of aryl methyl sites for hydroxylation is 1. The number of nitrogens with two attached hydrogens (primary N) is 1. The van der Waals surface area contributed by atoms with Crippen LogP contribution in [0.25, 0.3) is 0 Å². The van der Waals surface area contributed by atoms with E-state index in [-0.39, 0.29) is 48.8 Å². The minimum atomic E-state index is -4.89. The zero-order valence-electron chi connectivity index (χ0n) is 17.2. The Morgan fingerprint density at radius 2 is 2.17 bits per heavy atom. The number of aliphatic imine (C=N–C) groups is 1. The van der Waals surface area contributed by atoms with Gasteiger partial charge in [-0.3, -0.25) is 9.79 Å². The van der Waals surface area contributed by atoms with Crippen molar-refractivity contribution in [3.63, 3.8) is 0 Å². The van der Waals surface area contributed by atoms with Gasteiger partial charge >= 0.3 is 6.18 Å². The molecule has 0 radical (unpaired) electrons. The van der Waals surface area contributed by atoms with Crippen LogP contribution in [-0.4, -0.2) is 63.8 Å². The molecule has 12 heteroatoms. The van der Waals surface area contributed by atoms with Gasteiger partial charge in [0.2, 0.25) is 11.5 Å². The van der Waals surface area contributed by atoms with Crippen LogP contribution >= 0.6 is 24.0 Å². The first-order valence-corrected chi connectivity index (χ1v) is 9.67. The minimum Gasteiger partial charge on any atom is -0.374 e. The first-order chi connectivity index (χ1) is 13.6. The number of carbonyl (C=O) groups is 1. The fourth-order valence-corrected chi connectivity index (χ4v) is 3.60. The third kappa shape index (κ3) is 6.46. The lowest BCUT2D eigenvalue weighted by molar-refractivity contribution is -0.272. The van der Waals surface area contributed by atoms with Crippen molar-refractivity contribution in [1.82, 2.24) is 19.8 Å². The van der Waals surface area contributed by atoms with E-state index >= 15 is 0 Å². The Morgan fingerprint density at radius 1 is 1.47 bits per heavy atom. The van der Waals surface area contributed by atoms with Gasteiger partial charge in [-0.15, -0.1) is 24.0 Å². The summed E-state index contributed by atoms with van der Waals surface area (Å²) in [5.41, 5.74) is 2.19. The summed E-state index contributed by atoms with van der Waals surface area (Å²) in [7, 11) is 1.40. The van der Waals surface area contributed by atoms with Gasteiger partial charge in [0.15, 0.2) is 5.96 Å². The zero-order chi connectivity index (χ0) is 21.7. The molecule has 8 nitrogen and oxygen atoms in total. The van der Waals surface area contributed by atoms with Gasteiger partial charge in [0.25, 0.3) is 0 Å². The molecule has 1 aliphatic rings. The molecule has 1 aromatic rings. The van der Waals surface area contributed by atoms with E-state index in [4.69, 9.17) is 5.73 Å². The Bertz CT molecular complexity index is 727. The van der Waals surface area contributed by atoms with Gasteiger partial charge in [-0.25, -0.2) is 4.98 Å². The quantitative estimate of drug-likeness (QED) is 0.274. The summed E-state index contributed by atoms with van der Waals surface area (Å²) in [4.78, 5) is 21.1. The fraction of sp³-hybridized carbons (Fsp3) is 0.722. The van der Waals surface area contributed by atoms with Gasteiger partial charge in [0.05, 0.1) is 0 Å². The molecule has 0 bridgehead atoms. The number of guanidine groups is 1. The van der Waals surface area contributed by atoms with Crippen LogP contribution in [0.15, 0.2) is 17.4 Å². The Hall–Kier alpha value is -1.57. The molecular weight excluding hydrogens is 516 g/mol. The lowest BCUT2D eigenvalue weighted by atomic mass is 9.95. The standard InChI is InChI=1S/C18H29F3N6O2.HI/c1-3-23-16(27-9-4-5-13(12-27)11-14(22)28)25-7-6-17(29,18(19,20)21)15-24-8-10-26(15)2;/h8,10,13,29H,3-7,9,11-12H2,1-2H3,(H2,22,28)(H,23,25);1H. The average molecular weight is 546 g/mol. The van der Waals surface area contributed by atoms with Crippen molar-refractivity contribution < 1.29 is 23.1 Å². The second kappa shape index (κ2) is 11.2. The smallest absolute Gasteiger partial charge is 0.374 e. The van der Waals surface area contributed by atoms with E-state index in [9.17, 15) is 23.1 Å². The maximum absolute atomic E-state index is 13.6. The van der Waals surface area contributed by atoms with E-state index in [1.165, 1.54) is 19.4 Å². The van der Waals surface area contributed by atoms with Gasteiger partial charge in [-0.05, 0) is 25.7 Å². The number of aromatic nitrogens is 2. The predicted molar refractivity (Wildman–Crippen MR) is 117 cm³/mol. The Kier molecular flexibility index (Phi) is 9.85. The number of halogens is 4. The lowest BCUT2D eigenvalue weighted by Crippen LogP contribution is -2.48. The molecule has 0 aliphatic carbocycles. The van der Waals surface area contributed by atoms with Crippen LogP contribution in [0.1, 0.15) is 38.4 Å². The molecule has 0 spiro atoms. The molecule has 1 saturated heterocycles. The number of amides is 1. The summed E-state index contributed by atoms with van der Waals surface area (Å²) in [5.74, 6) is -0.287. The summed E-state index contributed by atoms with van der Waals surface area (Å²) in [6.45, 7) is 3.39. The van der Waals surface area contributed by atoms with E-state index in [0.29, 0.717) is 25.6 Å². The highest BCUT2D eigenvalue weighted by Gasteiger charge is 2.57. The van der Waals surface area contributed by atoms with E-state index in [1.54, 1.807) is 0 Å². The van der Waals surface area contributed by atoms with E-state index in [2.05, 4.69) is 15.3 Å². The molecule has 2 heterocycles. The molecule has 0 saturated carbocycles. The summed E-state index contributed by atoms with van der Waals surface area (Å²) >= 11 is 0. The Balaban J connectivity index is 0.00000450. The second-order valence-electron chi connectivity index (χ2n) is 7.33. The van der Waals surface area contributed by atoms with Crippen LogP contribution in [0, 0.1) is 5.92 Å². The first-order valence-electron chi connectivity index (χ1n) is 9.67. The maximum atomic E-state index is 13.6. The number of alkyl halides is 3. The third-order valence-corrected chi connectivity index (χ3v) is 5.04. The van der Waals surface area contributed by atoms with Crippen molar-refractivity contribution in [3.05, 3.63) is 18.2 Å². The average Bonchev–Trinajstić information content (AvgIpc) is 3.06. The largest absolute Gasteiger partial charge is 0.424 e. The highest BCUT2D eigenvalue weighted by molar-refractivity contribution is 14.0. The Morgan fingerprint density at radius 3 is 2.70 bits per heavy atom. The fourth-order valence-electron chi connectivity index (χ4n) is 3.60. The van der Waals surface area contributed by atoms with Gasteiger partial charge < -0.3 is 25.6 Å². The molecule has 4 N–H and O–H groups in total. The van der Waals surface area contributed by atoms with Gasteiger partial charge in [-0.1, -0.05) is 0 Å². The van der Waals surface area contributed by atoms with Crippen LogP contribution < -0.4 is 11.1 Å². The molecule has 0 aromatic carbocycles. The van der Waals surface area contributed by atoms with E-state index < -0.39 is 24.0 Å². The number of hydrogen-bond acceptors (Lipinski definition) is 4. The SMILES string of the molecule is CCNC(=NCCC(O)(c1nccn1C)C(F)(F)F)N1CCCC(CC(N)=O)C1.I. The van der Waals surface area contributed by atoms with Crippen molar-refractivity contribution >= 4 is 35.8 Å². The highest BCUT2D eigenvalue weighted by Crippen LogP contribution is 2.40. The second-order valence-corrected chi connectivity index (χ2v) is 7.33. The third-order valence-electron chi connectivity index (χ3n) is 5.04. The number of hydrogen-bond donors (Lipinski definition) is 3. The van der Waals surface area contributed by atoms with E-state index in [1.807, 2.05) is 11.8 Å². The zero-order valence-corrected chi connectivity index (χ0v) is 19.5. The lowest BCUT2D eigenvalue weighted by Gasteiger charge is -2.35. The van der Waals surface area contributed by atoms with Gasteiger partial charge in [0.1, 0.15) is 5.82 Å². The molecule has 172 valence electrons. The van der Waals surface area contributed by atoms with Crippen molar-refractivity contribution in [2.24, 2.45) is 23.7 Å². The number of aliphatic hydroxyl groups is 1. The van der Waals surface area contributed by atoms with Crippen molar-refractivity contribution in [1.29, 1.82) is 0 Å². The number of nitrogens with zero attached hydrogens (tertiary/aromatic N) is 4. The molecule has 1 aromatic heterocycles.